The van der Waals surface area contributed by atoms with Gasteiger partial charge in [-0.25, -0.2) is 4.57 Å². The summed E-state index contributed by atoms with van der Waals surface area (Å²) in [6.07, 6.45) is 48.2. The number of hydrogen-bond donors (Lipinski definition) is 2. The van der Waals surface area contributed by atoms with Gasteiger partial charge in [-0.3, -0.25) is 18.6 Å². The maximum Gasteiger partial charge on any atom is 0.472 e. The summed E-state index contributed by atoms with van der Waals surface area (Å²) >= 11 is 0. The van der Waals surface area contributed by atoms with Gasteiger partial charge in [-0.05, 0) is 83.5 Å². The molecule has 0 bridgehead atoms. The summed E-state index contributed by atoms with van der Waals surface area (Å²) in [5, 5.41) is 0. The van der Waals surface area contributed by atoms with Gasteiger partial charge in [-0.2, -0.15) is 0 Å². The van der Waals surface area contributed by atoms with Crippen LogP contribution in [0.4, 0.5) is 0 Å². The fraction of sp³-hybridized carbons (Fsp3) is 0.733. The van der Waals surface area contributed by atoms with E-state index in [1.54, 1.807) is 0 Å². The zero-order valence-corrected chi connectivity index (χ0v) is 35.8. The van der Waals surface area contributed by atoms with Crippen molar-refractivity contribution < 1.29 is 37.6 Å². The predicted octanol–water partition coefficient (Wildman–Crippen LogP) is 12.5. The molecule has 0 saturated heterocycles. The van der Waals surface area contributed by atoms with Crippen molar-refractivity contribution in [3.05, 3.63) is 60.8 Å². The number of phosphoric ester groups is 1. The van der Waals surface area contributed by atoms with Crippen LogP contribution in [0.3, 0.4) is 0 Å². The Hall–Kier alpha value is -2.29. The Morgan fingerprint density at radius 3 is 1.44 bits per heavy atom. The first-order chi connectivity index (χ1) is 26.8. The van der Waals surface area contributed by atoms with Crippen molar-refractivity contribution in [1.82, 2.24) is 0 Å². The van der Waals surface area contributed by atoms with Gasteiger partial charge in [0.05, 0.1) is 13.2 Å². The highest BCUT2D eigenvalue weighted by atomic mass is 31.2. The lowest BCUT2D eigenvalue weighted by molar-refractivity contribution is -0.161. The zero-order chi connectivity index (χ0) is 40.3. The Bertz CT molecular complexity index is 1090. The summed E-state index contributed by atoms with van der Waals surface area (Å²) in [4.78, 5) is 34.8. The summed E-state index contributed by atoms with van der Waals surface area (Å²) < 4.78 is 32.7. The Morgan fingerprint density at radius 2 is 0.945 bits per heavy atom. The maximum atomic E-state index is 12.6. The number of rotatable bonds is 40. The van der Waals surface area contributed by atoms with E-state index >= 15 is 0 Å². The van der Waals surface area contributed by atoms with Gasteiger partial charge >= 0.3 is 19.8 Å². The second-order valence-corrected chi connectivity index (χ2v) is 15.7. The fourth-order valence-electron chi connectivity index (χ4n) is 5.61. The van der Waals surface area contributed by atoms with Crippen LogP contribution in [0.2, 0.25) is 0 Å². The average molecular weight is 794 g/mol. The molecule has 0 spiro atoms. The molecule has 10 heteroatoms. The van der Waals surface area contributed by atoms with Crippen molar-refractivity contribution in [1.29, 1.82) is 0 Å². The van der Waals surface area contributed by atoms with Crippen molar-refractivity contribution in [2.75, 3.05) is 26.4 Å². The van der Waals surface area contributed by atoms with Crippen LogP contribution in [-0.2, 0) is 32.7 Å². The van der Waals surface area contributed by atoms with E-state index < -0.39 is 32.5 Å². The normalized spacial score (nSPS) is 13.9. The summed E-state index contributed by atoms with van der Waals surface area (Å²) in [5.74, 6) is -0.881. The Kier molecular flexibility index (Phi) is 39.6. The van der Waals surface area contributed by atoms with Crippen LogP contribution in [0.1, 0.15) is 181 Å². The molecule has 3 N–H and O–H groups in total. The zero-order valence-electron chi connectivity index (χ0n) is 34.9. The molecule has 0 radical (unpaired) electrons. The van der Waals surface area contributed by atoms with Crippen LogP contribution in [0.25, 0.3) is 0 Å². The van der Waals surface area contributed by atoms with Crippen LogP contribution in [0, 0.1) is 0 Å². The smallest absolute Gasteiger partial charge is 0.462 e. The number of hydrogen-bond acceptors (Lipinski definition) is 8. The number of ether oxygens (including phenoxy) is 2. The number of phosphoric acid groups is 1. The molecule has 318 valence electrons. The van der Waals surface area contributed by atoms with E-state index in [0.717, 1.165) is 70.6 Å². The minimum Gasteiger partial charge on any atom is -0.462 e. The minimum absolute atomic E-state index is 0.0443. The molecule has 0 aromatic rings. The lowest BCUT2D eigenvalue weighted by Crippen LogP contribution is -2.29. The number of nitrogens with two attached hydrogens (primary N) is 1. The quantitative estimate of drug-likeness (QED) is 0.0269. The third-order valence-electron chi connectivity index (χ3n) is 8.88. The Morgan fingerprint density at radius 1 is 0.545 bits per heavy atom. The summed E-state index contributed by atoms with van der Waals surface area (Å²) in [6.45, 7) is 3.62. The molecule has 0 aliphatic carbocycles. The first-order valence-electron chi connectivity index (χ1n) is 21.8. The van der Waals surface area contributed by atoms with Crippen molar-refractivity contribution in [3.8, 4) is 0 Å². The van der Waals surface area contributed by atoms with E-state index in [9.17, 15) is 19.0 Å². The van der Waals surface area contributed by atoms with Crippen molar-refractivity contribution >= 4 is 19.8 Å². The number of carbonyl (C=O) groups is 2. The molecule has 0 fully saturated rings. The Labute approximate surface area is 336 Å². The second kappa shape index (κ2) is 41.3. The van der Waals surface area contributed by atoms with Gasteiger partial charge in [0.2, 0.25) is 0 Å². The standard InChI is InChI=1S/C45H80NO8P/c1-3-5-7-9-11-13-15-17-19-20-21-22-24-25-27-29-31-33-35-37-44(47)51-41-43(42-53-55(49,50)52-40-39-46)54-45(48)38-36-34-32-30-28-26-23-18-16-14-12-10-8-6-4-2/h11-14,17-19,23,28,30,43H,3-10,15-16,20-22,24-27,29,31-42,46H2,1-2H3,(H,49,50)/t43-/m1/s1. The molecule has 0 rings (SSSR count). The van der Waals surface area contributed by atoms with Gasteiger partial charge in [-0.1, -0.05) is 145 Å². The predicted molar refractivity (Wildman–Crippen MR) is 229 cm³/mol. The third-order valence-corrected chi connectivity index (χ3v) is 9.86. The number of carbonyl (C=O) groups excluding carboxylic acids is 2. The van der Waals surface area contributed by atoms with E-state index in [1.165, 1.54) is 77.0 Å². The van der Waals surface area contributed by atoms with E-state index in [0.29, 0.717) is 6.42 Å². The van der Waals surface area contributed by atoms with Gasteiger partial charge in [0.15, 0.2) is 6.10 Å². The summed E-state index contributed by atoms with van der Waals surface area (Å²) in [5.41, 5.74) is 5.34. The first kappa shape index (κ1) is 52.7. The van der Waals surface area contributed by atoms with Gasteiger partial charge in [-0.15, -0.1) is 0 Å². The highest BCUT2D eigenvalue weighted by Gasteiger charge is 2.25. The molecule has 0 aromatic heterocycles. The highest BCUT2D eigenvalue weighted by Crippen LogP contribution is 2.43. The molecule has 1 unspecified atom stereocenters. The third kappa shape index (κ3) is 41.2. The fourth-order valence-corrected chi connectivity index (χ4v) is 6.38. The first-order valence-corrected chi connectivity index (χ1v) is 23.3. The molecule has 0 aliphatic heterocycles. The monoisotopic (exact) mass is 794 g/mol. The topological polar surface area (TPSA) is 134 Å². The molecule has 0 saturated carbocycles. The molecule has 2 atom stereocenters. The molecule has 0 amide bonds. The van der Waals surface area contributed by atoms with Crippen LogP contribution < -0.4 is 5.73 Å². The van der Waals surface area contributed by atoms with E-state index in [2.05, 4.69) is 74.6 Å². The molecular formula is C45H80NO8P. The van der Waals surface area contributed by atoms with E-state index in [-0.39, 0.29) is 32.6 Å². The van der Waals surface area contributed by atoms with Gasteiger partial charge < -0.3 is 20.1 Å². The van der Waals surface area contributed by atoms with Gasteiger partial charge in [0, 0.05) is 19.4 Å². The number of unbranched alkanes of at least 4 members (excludes halogenated alkanes) is 17. The molecule has 9 nitrogen and oxygen atoms in total. The second-order valence-electron chi connectivity index (χ2n) is 14.2. The molecule has 0 heterocycles. The lowest BCUT2D eigenvalue weighted by Gasteiger charge is -2.19. The van der Waals surface area contributed by atoms with Crippen LogP contribution in [0.15, 0.2) is 60.8 Å². The lowest BCUT2D eigenvalue weighted by atomic mass is 10.1. The summed E-state index contributed by atoms with van der Waals surface area (Å²) in [6, 6.07) is 0. The maximum absolute atomic E-state index is 12.6. The average Bonchev–Trinajstić information content (AvgIpc) is 3.17. The number of esters is 2. The Balaban J connectivity index is 4.20. The van der Waals surface area contributed by atoms with E-state index in [4.69, 9.17) is 24.3 Å². The SMILES string of the molecule is CCCCCC=CCC=CCC=CCCCCC(=O)O[C@H](COC(=O)CCCCCCCCCCCC=CCC=CCCCCC)COP(=O)(O)OCCN. The molecule has 0 aromatic carbocycles. The van der Waals surface area contributed by atoms with Crippen molar-refractivity contribution in [2.24, 2.45) is 5.73 Å². The number of allylic oxidation sites excluding steroid dienone is 10. The summed E-state index contributed by atoms with van der Waals surface area (Å²) in [7, 11) is -4.39. The van der Waals surface area contributed by atoms with Crippen molar-refractivity contribution in [3.63, 3.8) is 0 Å². The molecular weight excluding hydrogens is 713 g/mol. The molecule has 0 aliphatic rings. The van der Waals surface area contributed by atoms with Crippen LogP contribution in [0.5, 0.6) is 0 Å². The largest absolute Gasteiger partial charge is 0.472 e. The van der Waals surface area contributed by atoms with E-state index in [1.807, 2.05) is 0 Å². The van der Waals surface area contributed by atoms with Gasteiger partial charge in [0.25, 0.3) is 0 Å². The van der Waals surface area contributed by atoms with Crippen molar-refractivity contribution in [2.45, 2.75) is 187 Å². The minimum atomic E-state index is -4.39. The highest BCUT2D eigenvalue weighted by molar-refractivity contribution is 7.47. The molecule has 55 heavy (non-hydrogen) atoms. The van der Waals surface area contributed by atoms with Crippen LogP contribution >= 0.6 is 7.82 Å². The van der Waals surface area contributed by atoms with Crippen LogP contribution in [-0.4, -0.2) is 49.3 Å². The van der Waals surface area contributed by atoms with Gasteiger partial charge in [0.1, 0.15) is 6.61 Å².